The number of nitrogens with zero attached hydrogens (tertiary/aromatic N) is 1. The lowest BCUT2D eigenvalue weighted by atomic mass is 10.1. The van der Waals surface area contributed by atoms with Crippen LogP contribution in [0.3, 0.4) is 0 Å². The van der Waals surface area contributed by atoms with Gasteiger partial charge in [0.25, 0.3) is 5.91 Å². The molecule has 4 aromatic rings. The first-order valence-electron chi connectivity index (χ1n) is 11.2. The molecule has 1 aliphatic rings. The van der Waals surface area contributed by atoms with E-state index in [1.165, 1.54) is 0 Å². The van der Waals surface area contributed by atoms with E-state index in [4.69, 9.17) is 9.15 Å². The van der Waals surface area contributed by atoms with Crippen LogP contribution in [0.5, 0.6) is 5.75 Å². The van der Waals surface area contributed by atoms with Crippen molar-refractivity contribution in [3.05, 3.63) is 102 Å². The van der Waals surface area contributed by atoms with E-state index in [2.05, 4.69) is 0 Å². The van der Waals surface area contributed by atoms with Gasteiger partial charge in [-0.1, -0.05) is 66.7 Å². The Labute approximate surface area is 198 Å². The molecule has 1 atom stereocenters. The topological polar surface area (TPSA) is 76.8 Å². The summed E-state index contributed by atoms with van der Waals surface area (Å²) in [6.07, 6.45) is 0.414. The minimum absolute atomic E-state index is 0.0400. The van der Waals surface area contributed by atoms with Crippen LogP contribution in [0.2, 0.25) is 0 Å². The molecule has 0 radical (unpaired) electrons. The Bertz CT molecular complexity index is 1400. The number of hydrogen-bond donors (Lipinski definition) is 0. The molecule has 0 bridgehead atoms. The second kappa shape index (κ2) is 9.35. The van der Waals surface area contributed by atoms with Crippen molar-refractivity contribution >= 4 is 26.7 Å². The average molecular weight is 476 g/mol. The van der Waals surface area contributed by atoms with Crippen LogP contribution in [-0.4, -0.2) is 36.8 Å². The van der Waals surface area contributed by atoms with Gasteiger partial charge in [-0.05, 0) is 30.2 Å². The Morgan fingerprint density at radius 3 is 2.32 bits per heavy atom. The lowest BCUT2D eigenvalue weighted by Crippen LogP contribution is -2.40. The van der Waals surface area contributed by atoms with Gasteiger partial charge in [0.2, 0.25) is 0 Å². The number of hydrogen-bond acceptors (Lipinski definition) is 5. The van der Waals surface area contributed by atoms with Gasteiger partial charge in [-0.2, -0.15) is 0 Å². The number of amides is 1. The zero-order valence-electron chi connectivity index (χ0n) is 18.6. The molecule has 1 fully saturated rings. The van der Waals surface area contributed by atoms with E-state index in [1.54, 1.807) is 4.90 Å². The molecule has 34 heavy (non-hydrogen) atoms. The van der Waals surface area contributed by atoms with Crippen molar-refractivity contribution < 1.29 is 22.4 Å². The van der Waals surface area contributed by atoms with Crippen molar-refractivity contribution in [1.29, 1.82) is 0 Å². The molecule has 174 valence electrons. The van der Waals surface area contributed by atoms with Crippen LogP contribution in [0.1, 0.15) is 28.1 Å². The molecule has 6 nitrogen and oxygen atoms in total. The Hall–Kier alpha value is -3.58. The van der Waals surface area contributed by atoms with Gasteiger partial charge in [-0.25, -0.2) is 8.42 Å². The minimum atomic E-state index is -3.18. The Morgan fingerprint density at radius 1 is 0.941 bits per heavy atom. The summed E-state index contributed by atoms with van der Waals surface area (Å²) in [5.41, 5.74) is 2.18. The van der Waals surface area contributed by atoms with Gasteiger partial charge in [0.15, 0.2) is 15.6 Å². The third-order valence-electron chi connectivity index (χ3n) is 6.12. The van der Waals surface area contributed by atoms with Crippen molar-refractivity contribution in [2.75, 3.05) is 11.5 Å². The molecule has 1 saturated heterocycles. The van der Waals surface area contributed by atoms with Gasteiger partial charge < -0.3 is 14.1 Å². The lowest BCUT2D eigenvalue weighted by Gasteiger charge is -2.28. The van der Waals surface area contributed by atoms with Crippen molar-refractivity contribution in [1.82, 2.24) is 4.90 Å². The van der Waals surface area contributed by atoms with Gasteiger partial charge in [0.1, 0.15) is 17.9 Å². The summed E-state index contributed by atoms with van der Waals surface area (Å²) in [4.78, 5) is 15.6. The quantitative estimate of drug-likeness (QED) is 0.382. The van der Waals surface area contributed by atoms with Gasteiger partial charge in [0.05, 0.1) is 11.5 Å². The Kier molecular flexibility index (Phi) is 6.11. The molecular weight excluding hydrogens is 450 g/mol. The van der Waals surface area contributed by atoms with Crippen molar-refractivity contribution in [3.63, 3.8) is 0 Å². The second-order valence-electron chi connectivity index (χ2n) is 8.48. The van der Waals surface area contributed by atoms with E-state index in [-0.39, 0.29) is 29.8 Å². The summed E-state index contributed by atoms with van der Waals surface area (Å²) in [6.45, 7) is 0.458. The molecule has 3 aromatic carbocycles. The molecular formula is C27H25NO5S. The first-order chi connectivity index (χ1) is 16.5. The van der Waals surface area contributed by atoms with E-state index >= 15 is 0 Å². The van der Waals surface area contributed by atoms with Crippen LogP contribution >= 0.6 is 0 Å². The lowest BCUT2D eigenvalue weighted by molar-refractivity contribution is 0.0646. The maximum absolute atomic E-state index is 13.9. The number of carbonyl (C=O) groups excluding carboxylic acids is 1. The van der Waals surface area contributed by atoms with Crippen LogP contribution < -0.4 is 4.74 Å². The number of fused-ring (bicyclic) bond motifs is 1. The smallest absolute Gasteiger partial charge is 0.290 e. The molecule has 1 amide bonds. The second-order valence-corrected chi connectivity index (χ2v) is 10.7. The van der Waals surface area contributed by atoms with Gasteiger partial charge in [-0.15, -0.1) is 0 Å². The maximum atomic E-state index is 13.9. The fraction of sp³-hybridized carbons (Fsp3) is 0.222. The van der Waals surface area contributed by atoms with E-state index in [1.807, 2.05) is 84.9 Å². The summed E-state index contributed by atoms with van der Waals surface area (Å²) >= 11 is 0. The van der Waals surface area contributed by atoms with Crippen LogP contribution in [-0.2, 0) is 23.0 Å². The monoisotopic (exact) mass is 475 g/mol. The molecule has 0 spiro atoms. The van der Waals surface area contributed by atoms with E-state index in [0.717, 1.165) is 10.9 Å². The van der Waals surface area contributed by atoms with Crippen molar-refractivity contribution in [3.8, 4) is 5.75 Å². The molecule has 2 heterocycles. The normalized spacial score (nSPS) is 17.0. The fourth-order valence-corrected chi connectivity index (χ4v) is 6.12. The summed E-state index contributed by atoms with van der Waals surface area (Å²) in [6, 6.07) is 26.0. The zero-order chi connectivity index (χ0) is 23.5. The van der Waals surface area contributed by atoms with E-state index in [0.29, 0.717) is 29.9 Å². The van der Waals surface area contributed by atoms with Gasteiger partial charge in [0, 0.05) is 23.5 Å². The van der Waals surface area contributed by atoms with E-state index in [9.17, 15) is 13.2 Å². The number of rotatable bonds is 7. The highest BCUT2D eigenvalue weighted by Crippen LogP contribution is 2.30. The average Bonchev–Trinajstić information content (AvgIpc) is 3.41. The number of furan rings is 1. The van der Waals surface area contributed by atoms with Gasteiger partial charge >= 0.3 is 0 Å². The SMILES string of the molecule is O=C(c1oc2ccccc2c1COc1ccccc1)N(Cc1ccccc1)C1CCS(=O)(=O)C1. The molecule has 0 saturated carbocycles. The number of carbonyl (C=O) groups is 1. The highest BCUT2D eigenvalue weighted by Gasteiger charge is 2.37. The number of ether oxygens (including phenoxy) is 1. The highest BCUT2D eigenvalue weighted by molar-refractivity contribution is 7.91. The predicted molar refractivity (Wildman–Crippen MR) is 130 cm³/mol. The molecule has 1 unspecified atom stereocenters. The zero-order valence-corrected chi connectivity index (χ0v) is 19.4. The largest absolute Gasteiger partial charge is 0.489 e. The maximum Gasteiger partial charge on any atom is 0.290 e. The minimum Gasteiger partial charge on any atom is -0.489 e. The summed E-state index contributed by atoms with van der Waals surface area (Å²) in [7, 11) is -3.18. The standard InChI is InChI=1S/C27H25NO5S/c29-27(28(17-20-9-3-1-4-10-20)21-15-16-34(30,31)19-21)26-24(18-32-22-11-5-2-6-12-22)23-13-7-8-14-25(23)33-26/h1-14,21H,15-19H2. The highest BCUT2D eigenvalue weighted by atomic mass is 32.2. The predicted octanol–water partition coefficient (Wildman–Crippen LogP) is 4.84. The first kappa shape index (κ1) is 22.2. The number of benzene rings is 3. The third-order valence-corrected chi connectivity index (χ3v) is 7.88. The summed E-state index contributed by atoms with van der Waals surface area (Å²) < 4.78 is 36.5. The Morgan fingerprint density at radius 2 is 1.62 bits per heavy atom. The molecule has 1 aromatic heterocycles. The number of sulfone groups is 1. The molecule has 1 aliphatic heterocycles. The third kappa shape index (κ3) is 4.70. The van der Waals surface area contributed by atoms with Crippen LogP contribution in [0.4, 0.5) is 0 Å². The van der Waals surface area contributed by atoms with Crippen molar-refractivity contribution in [2.24, 2.45) is 0 Å². The molecule has 5 rings (SSSR count). The van der Waals surface area contributed by atoms with Gasteiger partial charge in [-0.3, -0.25) is 4.79 Å². The fourth-order valence-electron chi connectivity index (χ4n) is 4.39. The van der Waals surface area contributed by atoms with Crippen molar-refractivity contribution in [2.45, 2.75) is 25.6 Å². The summed E-state index contributed by atoms with van der Waals surface area (Å²) in [5, 5.41) is 0.806. The Balaban J connectivity index is 1.52. The van der Waals surface area contributed by atoms with E-state index < -0.39 is 15.9 Å². The van der Waals surface area contributed by atoms with Crippen LogP contribution in [0, 0.1) is 0 Å². The van der Waals surface area contributed by atoms with Crippen LogP contribution in [0.25, 0.3) is 11.0 Å². The first-order valence-corrected chi connectivity index (χ1v) is 13.1. The molecule has 7 heteroatoms. The molecule has 0 N–H and O–H groups in total. The molecule has 0 aliphatic carbocycles. The number of para-hydroxylation sites is 2. The summed E-state index contributed by atoms with van der Waals surface area (Å²) in [5.74, 6) is 0.600. The van der Waals surface area contributed by atoms with Crippen LogP contribution in [0.15, 0.2) is 89.3 Å².